The standard InChI is InChI=1S/C16H13BrFN3O5/c1-3-25-16(22)13-7(2)26-15(20)9(6-19)14(13)8-4-11(18)12(21(23)24)5-10(8)17/h4-5,14H,3,20H2,1-2H3. The summed E-state index contributed by atoms with van der Waals surface area (Å²) in [6.07, 6.45) is 0. The van der Waals surface area contributed by atoms with Crippen LogP contribution < -0.4 is 5.73 Å². The maximum absolute atomic E-state index is 14.2. The fourth-order valence-corrected chi connectivity index (χ4v) is 3.14. The van der Waals surface area contributed by atoms with E-state index in [0.717, 1.165) is 12.1 Å². The normalized spacial score (nSPS) is 16.8. The van der Waals surface area contributed by atoms with E-state index in [0.29, 0.717) is 0 Å². The van der Waals surface area contributed by atoms with Gasteiger partial charge in [0.2, 0.25) is 11.7 Å². The molecule has 1 aliphatic heterocycles. The van der Waals surface area contributed by atoms with Crippen LogP contribution in [0.25, 0.3) is 0 Å². The Morgan fingerprint density at radius 3 is 2.77 bits per heavy atom. The predicted molar refractivity (Wildman–Crippen MR) is 90.7 cm³/mol. The summed E-state index contributed by atoms with van der Waals surface area (Å²) < 4.78 is 24.6. The Morgan fingerprint density at radius 1 is 1.58 bits per heavy atom. The molecule has 0 spiro atoms. The summed E-state index contributed by atoms with van der Waals surface area (Å²) in [4.78, 5) is 22.4. The number of nitrogens with zero attached hydrogens (tertiary/aromatic N) is 2. The van der Waals surface area contributed by atoms with E-state index in [1.54, 1.807) is 6.92 Å². The number of rotatable bonds is 4. The van der Waals surface area contributed by atoms with E-state index in [-0.39, 0.29) is 39.4 Å². The van der Waals surface area contributed by atoms with E-state index in [2.05, 4.69) is 15.9 Å². The lowest BCUT2D eigenvalue weighted by Gasteiger charge is -2.27. The largest absolute Gasteiger partial charge is 0.463 e. The molecule has 0 saturated heterocycles. The van der Waals surface area contributed by atoms with Crippen molar-refractivity contribution in [2.24, 2.45) is 5.73 Å². The van der Waals surface area contributed by atoms with Crippen molar-refractivity contribution in [1.82, 2.24) is 0 Å². The molecule has 136 valence electrons. The van der Waals surface area contributed by atoms with Crippen LogP contribution in [0.4, 0.5) is 10.1 Å². The number of nitrogens with two attached hydrogens (primary N) is 1. The van der Waals surface area contributed by atoms with Gasteiger partial charge in [0.1, 0.15) is 17.4 Å². The maximum atomic E-state index is 14.2. The Hall–Kier alpha value is -2.93. The zero-order chi connectivity index (χ0) is 19.6. The molecule has 1 aromatic carbocycles. The lowest BCUT2D eigenvalue weighted by molar-refractivity contribution is -0.387. The number of carbonyl (C=O) groups excluding carboxylic acids is 1. The van der Waals surface area contributed by atoms with Gasteiger partial charge in [0, 0.05) is 10.5 Å². The molecule has 0 saturated carbocycles. The fraction of sp³-hybridized carbons (Fsp3) is 0.250. The molecule has 26 heavy (non-hydrogen) atoms. The zero-order valence-corrected chi connectivity index (χ0v) is 15.3. The maximum Gasteiger partial charge on any atom is 0.338 e. The van der Waals surface area contributed by atoms with Crippen LogP contribution in [0.5, 0.6) is 0 Å². The number of hydrogen-bond donors (Lipinski definition) is 1. The van der Waals surface area contributed by atoms with Gasteiger partial charge in [-0.3, -0.25) is 10.1 Å². The molecule has 0 amide bonds. The Balaban J connectivity index is 2.74. The molecule has 2 rings (SSSR count). The number of esters is 1. The van der Waals surface area contributed by atoms with E-state index in [1.807, 2.05) is 6.07 Å². The quantitative estimate of drug-likeness (QED) is 0.445. The van der Waals surface area contributed by atoms with Gasteiger partial charge in [-0.2, -0.15) is 9.65 Å². The summed E-state index contributed by atoms with van der Waals surface area (Å²) in [6, 6.07) is 3.69. The third-order valence-corrected chi connectivity index (χ3v) is 4.36. The average molecular weight is 426 g/mol. The van der Waals surface area contributed by atoms with Gasteiger partial charge in [-0.05, 0) is 25.5 Å². The first-order valence-electron chi connectivity index (χ1n) is 7.31. The van der Waals surface area contributed by atoms with Crippen LogP contribution in [0.1, 0.15) is 25.3 Å². The highest BCUT2D eigenvalue weighted by atomic mass is 79.9. The number of carbonyl (C=O) groups is 1. The summed E-state index contributed by atoms with van der Waals surface area (Å²) in [5, 5.41) is 20.4. The number of nitro groups is 1. The molecular formula is C16H13BrFN3O5. The molecule has 0 radical (unpaired) electrons. The summed E-state index contributed by atoms with van der Waals surface area (Å²) in [6.45, 7) is 3.12. The minimum absolute atomic E-state index is 0.0356. The van der Waals surface area contributed by atoms with Gasteiger partial charge in [0.05, 0.1) is 23.0 Å². The van der Waals surface area contributed by atoms with Crippen molar-refractivity contribution in [2.75, 3.05) is 6.61 Å². The Labute approximate surface area is 156 Å². The minimum Gasteiger partial charge on any atom is -0.463 e. The van der Waals surface area contributed by atoms with Crippen LogP contribution in [0.15, 0.2) is 39.4 Å². The highest BCUT2D eigenvalue weighted by molar-refractivity contribution is 9.10. The lowest BCUT2D eigenvalue weighted by Crippen LogP contribution is -2.26. The van der Waals surface area contributed by atoms with Crippen molar-refractivity contribution in [3.63, 3.8) is 0 Å². The number of halogens is 2. The summed E-state index contributed by atoms with van der Waals surface area (Å²) >= 11 is 3.14. The van der Waals surface area contributed by atoms with Crippen molar-refractivity contribution >= 4 is 27.6 Å². The third-order valence-electron chi connectivity index (χ3n) is 3.67. The molecule has 0 bridgehead atoms. The fourth-order valence-electron chi connectivity index (χ4n) is 2.58. The first-order chi connectivity index (χ1) is 12.2. The minimum atomic E-state index is -1.11. The Kier molecular flexibility index (Phi) is 5.62. The molecule has 1 heterocycles. The van der Waals surface area contributed by atoms with Crippen LogP contribution in [-0.2, 0) is 14.3 Å². The number of nitriles is 1. The second-order valence-electron chi connectivity index (χ2n) is 5.20. The van der Waals surface area contributed by atoms with Crippen LogP contribution in [0.2, 0.25) is 0 Å². The van der Waals surface area contributed by atoms with Crippen molar-refractivity contribution < 1.29 is 23.6 Å². The van der Waals surface area contributed by atoms with Crippen molar-refractivity contribution in [3.8, 4) is 6.07 Å². The first kappa shape index (κ1) is 19.4. The number of allylic oxidation sites excluding steroid dienone is 2. The number of ether oxygens (including phenoxy) is 2. The second-order valence-corrected chi connectivity index (χ2v) is 6.05. The third kappa shape index (κ3) is 3.39. The van der Waals surface area contributed by atoms with Gasteiger partial charge in [0.15, 0.2) is 0 Å². The van der Waals surface area contributed by atoms with Gasteiger partial charge in [0.25, 0.3) is 0 Å². The molecule has 1 aromatic rings. The second kappa shape index (κ2) is 7.53. The zero-order valence-electron chi connectivity index (χ0n) is 13.7. The number of hydrogen-bond acceptors (Lipinski definition) is 7. The van der Waals surface area contributed by atoms with E-state index in [4.69, 9.17) is 15.2 Å². The van der Waals surface area contributed by atoms with Crippen molar-refractivity contribution in [1.29, 1.82) is 5.26 Å². The molecule has 0 fully saturated rings. The average Bonchev–Trinajstić information content (AvgIpc) is 2.55. The summed E-state index contributed by atoms with van der Waals surface area (Å²) in [5.41, 5.74) is 4.94. The summed E-state index contributed by atoms with van der Waals surface area (Å²) in [5.74, 6) is -3.13. The van der Waals surface area contributed by atoms with Gasteiger partial charge < -0.3 is 15.2 Å². The molecule has 1 aliphatic rings. The van der Waals surface area contributed by atoms with Crippen LogP contribution in [-0.4, -0.2) is 17.5 Å². The van der Waals surface area contributed by atoms with E-state index >= 15 is 0 Å². The SMILES string of the molecule is CCOC(=O)C1=C(C)OC(N)=C(C#N)C1c1cc(F)c([N+](=O)[O-])cc1Br. The molecule has 10 heteroatoms. The predicted octanol–water partition coefficient (Wildman–Crippen LogP) is 3.14. The van der Waals surface area contributed by atoms with E-state index in [1.165, 1.54) is 6.92 Å². The molecular weight excluding hydrogens is 413 g/mol. The van der Waals surface area contributed by atoms with Gasteiger partial charge in [-0.1, -0.05) is 15.9 Å². The molecule has 2 N–H and O–H groups in total. The highest BCUT2D eigenvalue weighted by Crippen LogP contribution is 2.43. The van der Waals surface area contributed by atoms with E-state index in [9.17, 15) is 24.6 Å². The van der Waals surface area contributed by atoms with Gasteiger partial charge >= 0.3 is 11.7 Å². The first-order valence-corrected chi connectivity index (χ1v) is 8.11. The molecule has 8 nitrogen and oxygen atoms in total. The molecule has 0 aromatic heterocycles. The van der Waals surface area contributed by atoms with Crippen LogP contribution in [0, 0.1) is 27.3 Å². The highest BCUT2D eigenvalue weighted by Gasteiger charge is 2.38. The smallest absolute Gasteiger partial charge is 0.338 e. The number of benzene rings is 1. The number of nitro benzene ring substituents is 1. The van der Waals surface area contributed by atoms with Gasteiger partial charge in [-0.25, -0.2) is 4.79 Å². The van der Waals surface area contributed by atoms with Crippen LogP contribution in [0.3, 0.4) is 0 Å². The Morgan fingerprint density at radius 2 is 2.23 bits per heavy atom. The molecule has 1 unspecified atom stereocenters. The molecule has 1 atom stereocenters. The van der Waals surface area contributed by atoms with Crippen molar-refractivity contribution in [3.05, 3.63) is 60.9 Å². The topological polar surface area (TPSA) is 128 Å². The monoisotopic (exact) mass is 425 g/mol. The summed E-state index contributed by atoms with van der Waals surface area (Å²) in [7, 11) is 0. The van der Waals surface area contributed by atoms with Gasteiger partial charge in [-0.15, -0.1) is 0 Å². The van der Waals surface area contributed by atoms with Crippen LogP contribution >= 0.6 is 15.9 Å². The van der Waals surface area contributed by atoms with E-state index < -0.39 is 28.3 Å². The van der Waals surface area contributed by atoms with Crippen molar-refractivity contribution in [2.45, 2.75) is 19.8 Å². The molecule has 0 aliphatic carbocycles. The lowest BCUT2D eigenvalue weighted by atomic mass is 9.83. The Bertz CT molecular complexity index is 904.